The van der Waals surface area contributed by atoms with Crippen molar-refractivity contribution in [3.8, 4) is 0 Å². The summed E-state index contributed by atoms with van der Waals surface area (Å²) in [6, 6.07) is -0.483. The summed E-state index contributed by atoms with van der Waals surface area (Å²) in [5, 5.41) is 8.89. The minimum absolute atomic E-state index is 0.0721. The van der Waals surface area contributed by atoms with Crippen LogP contribution in [0.15, 0.2) is 0 Å². The number of aliphatic carboxylic acids is 1. The molecule has 1 rings (SSSR count). The number of amides is 2. The Bertz CT molecular complexity index is 336. The van der Waals surface area contributed by atoms with E-state index in [0.717, 1.165) is 13.0 Å². The molecule has 7 nitrogen and oxygen atoms in total. The Morgan fingerprint density at radius 3 is 2.60 bits per heavy atom. The molecule has 0 aliphatic carbocycles. The molecule has 0 aromatic carbocycles. The van der Waals surface area contributed by atoms with Crippen LogP contribution in [0.2, 0.25) is 0 Å². The van der Waals surface area contributed by atoms with Crippen LogP contribution in [0.4, 0.5) is 4.79 Å². The molecule has 0 saturated carbocycles. The van der Waals surface area contributed by atoms with Gasteiger partial charge in [-0.25, -0.2) is 4.79 Å². The number of hydrogen-bond acceptors (Lipinski definition) is 4. The lowest BCUT2D eigenvalue weighted by Crippen LogP contribution is -2.53. The molecule has 0 aromatic rings. The van der Waals surface area contributed by atoms with Crippen molar-refractivity contribution in [1.29, 1.82) is 0 Å². The summed E-state index contributed by atoms with van der Waals surface area (Å²) in [6.45, 7) is 2.79. The average Bonchev–Trinajstić information content (AvgIpc) is 2.37. The van der Waals surface area contributed by atoms with E-state index in [-0.39, 0.29) is 18.5 Å². The van der Waals surface area contributed by atoms with Crippen LogP contribution < -0.4 is 0 Å². The zero-order valence-electron chi connectivity index (χ0n) is 12.5. The van der Waals surface area contributed by atoms with Crippen LogP contribution in [0.5, 0.6) is 0 Å². The van der Waals surface area contributed by atoms with E-state index in [0.29, 0.717) is 26.3 Å². The van der Waals surface area contributed by atoms with E-state index in [9.17, 15) is 9.59 Å². The van der Waals surface area contributed by atoms with Crippen molar-refractivity contribution in [2.45, 2.75) is 18.9 Å². The van der Waals surface area contributed by atoms with Gasteiger partial charge < -0.3 is 24.5 Å². The van der Waals surface area contributed by atoms with Crippen LogP contribution in [0.1, 0.15) is 12.8 Å². The fourth-order valence-corrected chi connectivity index (χ4v) is 2.22. The summed E-state index contributed by atoms with van der Waals surface area (Å²) in [4.78, 5) is 28.5. The fraction of sp³-hybridized carbons (Fsp3) is 0.846. The molecule has 20 heavy (non-hydrogen) atoms. The molecular formula is C13H25N3O4. The molecule has 116 valence electrons. The number of hydrogen-bond donors (Lipinski definition) is 1. The summed E-state index contributed by atoms with van der Waals surface area (Å²) in [5.41, 5.74) is 0. The number of carbonyl (C=O) groups excluding carboxylic acids is 1. The first-order valence-corrected chi connectivity index (χ1v) is 6.87. The van der Waals surface area contributed by atoms with Crippen molar-refractivity contribution in [3.63, 3.8) is 0 Å². The number of carboxylic acids is 1. The van der Waals surface area contributed by atoms with Gasteiger partial charge in [-0.15, -0.1) is 0 Å². The highest BCUT2D eigenvalue weighted by Crippen LogP contribution is 2.13. The van der Waals surface area contributed by atoms with Crippen LogP contribution in [0, 0.1) is 0 Å². The van der Waals surface area contributed by atoms with Crippen molar-refractivity contribution in [2.24, 2.45) is 0 Å². The number of morpholine rings is 1. The maximum absolute atomic E-state index is 12.4. The molecule has 1 saturated heterocycles. The van der Waals surface area contributed by atoms with Gasteiger partial charge >= 0.3 is 12.0 Å². The van der Waals surface area contributed by atoms with E-state index in [4.69, 9.17) is 9.84 Å². The highest BCUT2D eigenvalue weighted by atomic mass is 16.5. The summed E-state index contributed by atoms with van der Waals surface area (Å²) < 4.78 is 5.27. The second-order valence-electron chi connectivity index (χ2n) is 5.38. The van der Waals surface area contributed by atoms with Crippen molar-refractivity contribution in [3.05, 3.63) is 0 Å². The Labute approximate surface area is 120 Å². The Kier molecular flexibility index (Phi) is 6.74. The first-order chi connectivity index (χ1) is 9.41. The molecule has 1 heterocycles. The third kappa shape index (κ3) is 5.34. The van der Waals surface area contributed by atoms with E-state index in [1.165, 1.54) is 0 Å². The van der Waals surface area contributed by atoms with Crippen LogP contribution >= 0.6 is 0 Å². The first-order valence-electron chi connectivity index (χ1n) is 6.87. The molecule has 0 aromatic heterocycles. The molecule has 0 radical (unpaired) electrons. The molecule has 1 unspecified atom stereocenters. The average molecular weight is 287 g/mol. The standard InChI is InChI=1S/C13H25N3O4/c1-14(2)5-4-6-15(3)13(19)16-7-8-20-10-11(16)9-12(17)18/h11H,4-10H2,1-3H3,(H,17,18). The summed E-state index contributed by atoms with van der Waals surface area (Å²) in [5.74, 6) is -0.909. The van der Waals surface area contributed by atoms with Gasteiger partial charge in [0, 0.05) is 20.1 Å². The maximum Gasteiger partial charge on any atom is 0.320 e. The lowest BCUT2D eigenvalue weighted by Gasteiger charge is -2.37. The molecule has 1 N–H and O–H groups in total. The zero-order chi connectivity index (χ0) is 15.1. The van der Waals surface area contributed by atoms with E-state index in [1.54, 1.807) is 16.8 Å². The smallest absolute Gasteiger partial charge is 0.320 e. The Hall–Kier alpha value is -1.34. The van der Waals surface area contributed by atoms with Crippen LogP contribution in [-0.4, -0.2) is 91.8 Å². The monoisotopic (exact) mass is 287 g/mol. The molecule has 1 aliphatic rings. The molecule has 7 heteroatoms. The Morgan fingerprint density at radius 2 is 2.00 bits per heavy atom. The third-order valence-electron chi connectivity index (χ3n) is 3.31. The molecule has 1 fully saturated rings. The summed E-state index contributed by atoms with van der Waals surface area (Å²) in [7, 11) is 5.74. The van der Waals surface area contributed by atoms with Gasteiger partial charge in [0.1, 0.15) is 0 Å². The predicted octanol–water partition coefficient (Wildman–Crippen LogP) is 0.165. The van der Waals surface area contributed by atoms with Gasteiger partial charge in [-0.05, 0) is 27.1 Å². The normalized spacial score (nSPS) is 19.2. The first kappa shape index (κ1) is 16.7. The van der Waals surface area contributed by atoms with E-state index in [2.05, 4.69) is 4.90 Å². The van der Waals surface area contributed by atoms with Crippen molar-refractivity contribution < 1.29 is 19.4 Å². The van der Waals surface area contributed by atoms with E-state index < -0.39 is 5.97 Å². The fourth-order valence-electron chi connectivity index (χ4n) is 2.22. The number of carbonyl (C=O) groups is 2. The highest BCUT2D eigenvalue weighted by molar-refractivity contribution is 5.76. The van der Waals surface area contributed by atoms with E-state index in [1.807, 2.05) is 14.1 Å². The molecule has 1 atom stereocenters. The van der Waals surface area contributed by atoms with Gasteiger partial charge in [0.2, 0.25) is 0 Å². The number of carboxylic acid groups (broad SMARTS) is 1. The molecular weight excluding hydrogens is 262 g/mol. The molecule has 1 aliphatic heterocycles. The minimum atomic E-state index is -0.909. The SMILES string of the molecule is CN(C)CCCN(C)C(=O)N1CCOCC1CC(=O)O. The van der Waals surface area contributed by atoms with Gasteiger partial charge in [-0.3, -0.25) is 4.79 Å². The number of ether oxygens (including phenoxy) is 1. The number of nitrogens with zero attached hydrogens (tertiary/aromatic N) is 3. The third-order valence-corrected chi connectivity index (χ3v) is 3.31. The van der Waals surface area contributed by atoms with Gasteiger partial charge in [-0.1, -0.05) is 0 Å². The van der Waals surface area contributed by atoms with Crippen molar-refractivity contribution >= 4 is 12.0 Å². The van der Waals surface area contributed by atoms with Crippen LogP contribution in [-0.2, 0) is 9.53 Å². The quantitative estimate of drug-likeness (QED) is 0.753. The molecule has 0 spiro atoms. The maximum atomic E-state index is 12.4. The molecule has 0 bridgehead atoms. The van der Waals surface area contributed by atoms with Gasteiger partial charge in [0.15, 0.2) is 0 Å². The van der Waals surface area contributed by atoms with Gasteiger partial charge in [-0.2, -0.15) is 0 Å². The second-order valence-corrected chi connectivity index (χ2v) is 5.38. The lowest BCUT2D eigenvalue weighted by atomic mass is 10.1. The predicted molar refractivity (Wildman–Crippen MR) is 74.8 cm³/mol. The topological polar surface area (TPSA) is 73.3 Å². The van der Waals surface area contributed by atoms with Crippen molar-refractivity contribution in [1.82, 2.24) is 14.7 Å². The zero-order valence-corrected chi connectivity index (χ0v) is 12.5. The van der Waals surface area contributed by atoms with Gasteiger partial charge in [0.05, 0.1) is 25.7 Å². The Morgan fingerprint density at radius 1 is 1.30 bits per heavy atom. The van der Waals surface area contributed by atoms with Gasteiger partial charge in [0.25, 0.3) is 0 Å². The second kappa shape index (κ2) is 8.06. The minimum Gasteiger partial charge on any atom is -0.481 e. The Balaban J connectivity index is 2.51. The number of rotatable bonds is 6. The summed E-state index contributed by atoms with van der Waals surface area (Å²) >= 11 is 0. The largest absolute Gasteiger partial charge is 0.481 e. The highest BCUT2D eigenvalue weighted by Gasteiger charge is 2.30. The lowest BCUT2D eigenvalue weighted by molar-refractivity contribution is -0.139. The van der Waals surface area contributed by atoms with Crippen LogP contribution in [0.25, 0.3) is 0 Å². The summed E-state index contributed by atoms with van der Waals surface area (Å²) in [6.07, 6.45) is 0.820. The number of urea groups is 1. The van der Waals surface area contributed by atoms with Crippen LogP contribution in [0.3, 0.4) is 0 Å². The van der Waals surface area contributed by atoms with E-state index >= 15 is 0 Å². The molecule has 2 amide bonds. The van der Waals surface area contributed by atoms with Crippen molar-refractivity contribution in [2.75, 3.05) is 54.0 Å².